The highest BCUT2D eigenvalue weighted by molar-refractivity contribution is 7.17. The average Bonchev–Trinajstić information content (AvgIpc) is 2.75. The summed E-state index contributed by atoms with van der Waals surface area (Å²) in [5, 5.41) is 3.62. The summed E-state index contributed by atoms with van der Waals surface area (Å²) in [6.07, 6.45) is 1.16. The minimum absolute atomic E-state index is 0.339. The molecule has 1 heterocycles. The Hall–Kier alpha value is -0.900. The summed E-state index contributed by atoms with van der Waals surface area (Å²) in [7, 11) is 2.16. The summed E-state index contributed by atoms with van der Waals surface area (Å²) in [6, 6.07) is 8.91. The molecule has 17 heavy (non-hydrogen) atoms. The predicted molar refractivity (Wildman–Crippen MR) is 76.5 cm³/mol. The van der Waals surface area contributed by atoms with Crippen LogP contribution in [0.1, 0.15) is 24.9 Å². The Labute approximate surface area is 107 Å². The zero-order valence-electron chi connectivity index (χ0n) is 10.5. The Morgan fingerprint density at radius 2 is 2.12 bits per heavy atom. The molecule has 0 aliphatic carbocycles. The van der Waals surface area contributed by atoms with Gasteiger partial charge >= 0.3 is 0 Å². The number of benzene rings is 1. The molecular weight excluding hydrogens is 228 g/mol. The second-order valence-electron chi connectivity index (χ2n) is 4.42. The number of hydrogen-bond donors (Lipinski definition) is 1. The van der Waals surface area contributed by atoms with Crippen molar-refractivity contribution in [2.75, 3.05) is 20.1 Å². The molecule has 1 atom stereocenters. The Morgan fingerprint density at radius 3 is 2.82 bits per heavy atom. The smallest absolute Gasteiger partial charge is 0.0481 e. The molecule has 0 amide bonds. The van der Waals surface area contributed by atoms with Crippen molar-refractivity contribution < 1.29 is 0 Å². The van der Waals surface area contributed by atoms with Crippen molar-refractivity contribution in [1.82, 2.24) is 4.90 Å². The van der Waals surface area contributed by atoms with E-state index >= 15 is 0 Å². The highest BCUT2D eigenvalue weighted by Gasteiger charge is 2.18. The summed E-state index contributed by atoms with van der Waals surface area (Å²) in [5.41, 5.74) is 7.33. The zero-order valence-corrected chi connectivity index (χ0v) is 11.3. The molecule has 0 aliphatic rings. The van der Waals surface area contributed by atoms with Gasteiger partial charge in [0, 0.05) is 17.3 Å². The fourth-order valence-electron chi connectivity index (χ4n) is 2.31. The minimum Gasteiger partial charge on any atom is -0.329 e. The van der Waals surface area contributed by atoms with Gasteiger partial charge in [-0.2, -0.15) is 0 Å². The van der Waals surface area contributed by atoms with Crippen LogP contribution in [0.25, 0.3) is 10.1 Å². The molecule has 1 aromatic carbocycles. The molecule has 0 saturated heterocycles. The van der Waals surface area contributed by atoms with Crippen LogP contribution in [0.4, 0.5) is 0 Å². The first kappa shape index (κ1) is 12.6. The number of nitrogens with two attached hydrogens (primary N) is 1. The van der Waals surface area contributed by atoms with Gasteiger partial charge in [-0.1, -0.05) is 25.1 Å². The standard InChI is InChI=1S/C14H20N2S/c1-3-8-16(2)13(9-15)12-10-17-14-7-5-4-6-11(12)14/h4-7,10,13H,3,8-9,15H2,1-2H3. The maximum atomic E-state index is 5.95. The number of likely N-dealkylation sites (N-methyl/N-ethyl adjacent to an activating group) is 1. The van der Waals surface area contributed by atoms with Crippen LogP contribution >= 0.6 is 11.3 Å². The number of nitrogens with zero attached hydrogens (tertiary/aromatic N) is 1. The molecule has 3 heteroatoms. The number of rotatable bonds is 5. The first-order valence-electron chi connectivity index (χ1n) is 6.14. The molecule has 0 fully saturated rings. The number of thiophene rings is 1. The van der Waals surface area contributed by atoms with Crippen LogP contribution in [0.3, 0.4) is 0 Å². The fourth-order valence-corrected chi connectivity index (χ4v) is 3.32. The number of hydrogen-bond acceptors (Lipinski definition) is 3. The normalized spacial score (nSPS) is 13.4. The van der Waals surface area contributed by atoms with E-state index in [1.165, 1.54) is 15.6 Å². The van der Waals surface area contributed by atoms with E-state index in [1.54, 1.807) is 0 Å². The molecule has 0 radical (unpaired) electrons. The van der Waals surface area contributed by atoms with Gasteiger partial charge in [-0.05, 0) is 42.4 Å². The molecule has 0 spiro atoms. The van der Waals surface area contributed by atoms with Crippen LogP contribution in [0.15, 0.2) is 29.6 Å². The second-order valence-corrected chi connectivity index (χ2v) is 5.33. The van der Waals surface area contributed by atoms with Gasteiger partial charge in [0.05, 0.1) is 0 Å². The Balaban J connectivity index is 2.36. The lowest BCUT2D eigenvalue weighted by molar-refractivity contribution is 0.252. The lowest BCUT2D eigenvalue weighted by Crippen LogP contribution is -2.30. The van der Waals surface area contributed by atoms with E-state index < -0.39 is 0 Å². The van der Waals surface area contributed by atoms with E-state index in [0.29, 0.717) is 12.6 Å². The molecule has 92 valence electrons. The van der Waals surface area contributed by atoms with Gasteiger partial charge in [-0.15, -0.1) is 11.3 Å². The van der Waals surface area contributed by atoms with E-state index in [9.17, 15) is 0 Å². The van der Waals surface area contributed by atoms with Crippen molar-refractivity contribution in [3.05, 3.63) is 35.2 Å². The van der Waals surface area contributed by atoms with Crippen molar-refractivity contribution in [2.24, 2.45) is 5.73 Å². The Morgan fingerprint density at radius 1 is 1.35 bits per heavy atom. The van der Waals surface area contributed by atoms with Crippen molar-refractivity contribution >= 4 is 21.4 Å². The largest absolute Gasteiger partial charge is 0.329 e. The van der Waals surface area contributed by atoms with E-state index in [4.69, 9.17) is 5.73 Å². The highest BCUT2D eigenvalue weighted by atomic mass is 32.1. The van der Waals surface area contributed by atoms with Crippen molar-refractivity contribution in [1.29, 1.82) is 0 Å². The lowest BCUT2D eigenvalue weighted by Gasteiger charge is -2.26. The fraction of sp³-hybridized carbons (Fsp3) is 0.429. The third kappa shape index (κ3) is 2.51. The molecule has 1 aromatic heterocycles. The third-order valence-electron chi connectivity index (χ3n) is 3.20. The summed E-state index contributed by atoms with van der Waals surface area (Å²) in [5.74, 6) is 0. The van der Waals surface area contributed by atoms with Gasteiger partial charge in [0.25, 0.3) is 0 Å². The van der Waals surface area contributed by atoms with E-state index in [-0.39, 0.29) is 0 Å². The van der Waals surface area contributed by atoms with Crippen LogP contribution in [-0.2, 0) is 0 Å². The molecule has 1 unspecified atom stereocenters. The van der Waals surface area contributed by atoms with Crippen molar-refractivity contribution in [2.45, 2.75) is 19.4 Å². The molecule has 2 nitrogen and oxygen atoms in total. The van der Waals surface area contributed by atoms with E-state index in [1.807, 2.05) is 11.3 Å². The molecule has 2 N–H and O–H groups in total. The molecule has 0 saturated carbocycles. The first-order chi connectivity index (χ1) is 8.27. The highest BCUT2D eigenvalue weighted by Crippen LogP contribution is 2.32. The molecule has 2 aromatic rings. The summed E-state index contributed by atoms with van der Waals surface area (Å²) >= 11 is 1.81. The molecule has 0 bridgehead atoms. The lowest BCUT2D eigenvalue weighted by atomic mass is 10.0. The second kappa shape index (κ2) is 5.63. The maximum absolute atomic E-state index is 5.95. The quantitative estimate of drug-likeness (QED) is 0.880. The van der Waals surface area contributed by atoms with Gasteiger partial charge in [0.1, 0.15) is 0 Å². The molecular formula is C14H20N2S. The zero-order chi connectivity index (χ0) is 12.3. The number of fused-ring (bicyclic) bond motifs is 1. The van der Waals surface area contributed by atoms with Crippen molar-refractivity contribution in [3.8, 4) is 0 Å². The van der Waals surface area contributed by atoms with E-state index in [2.05, 4.69) is 48.5 Å². The SMILES string of the molecule is CCCN(C)C(CN)c1csc2ccccc12. The maximum Gasteiger partial charge on any atom is 0.0481 e. The molecule has 2 rings (SSSR count). The topological polar surface area (TPSA) is 29.3 Å². The average molecular weight is 248 g/mol. The van der Waals surface area contributed by atoms with Gasteiger partial charge in [0.2, 0.25) is 0 Å². The van der Waals surface area contributed by atoms with Gasteiger partial charge in [-0.3, -0.25) is 4.90 Å². The summed E-state index contributed by atoms with van der Waals surface area (Å²) in [4.78, 5) is 2.36. The summed E-state index contributed by atoms with van der Waals surface area (Å²) < 4.78 is 1.35. The van der Waals surface area contributed by atoms with Gasteiger partial charge < -0.3 is 5.73 Å². The van der Waals surface area contributed by atoms with Gasteiger partial charge in [-0.25, -0.2) is 0 Å². The van der Waals surface area contributed by atoms with E-state index in [0.717, 1.165) is 13.0 Å². The monoisotopic (exact) mass is 248 g/mol. The van der Waals surface area contributed by atoms with Gasteiger partial charge in [0.15, 0.2) is 0 Å². The molecule has 0 aliphatic heterocycles. The first-order valence-corrected chi connectivity index (χ1v) is 7.02. The van der Waals surface area contributed by atoms with Crippen LogP contribution in [0.2, 0.25) is 0 Å². The van der Waals surface area contributed by atoms with Crippen LogP contribution in [-0.4, -0.2) is 25.0 Å². The van der Waals surface area contributed by atoms with Crippen LogP contribution < -0.4 is 5.73 Å². The minimum atomic E-state index is 0.339. The van der Waals surface area contributed by atoms with Crippen molar-refractivity contribution in [3.63, 3.8) is 0 Å². The Kier molecular flexibility index (Phi) is 4.15. The predicted octanol–water partition coefficient (Wildman–Crippen LogP) is 3.24. The third-order valence-corrected chi connectivity index (χ3v) is 4.18. The summed E-state index contributed by atoms with van der Waals surface area (Å²) in [6.45, 7) is 3.97. The Bertz CT molecular complexity index is 478. The van der Waals surface area contributed by atoms with Crippen LogP contribution in [0.5, 0.6) is 0 Å². The van der Waals surface area contributed by atoms with Crippen LogP contribution in [0, 0.1) is 0 Å².